The first-order valence-corrected chi connectivity index (χ1v) is 7.24. The van der Waals surface area contributed by atoms with E-state index in [1.54, 1.807) is 14.0 Å². The number of halogens is 1. The van der Waals surface area contributed by atoms with Gasteiger partial charge in [-0.1, -0.05) is 15.9 Å². The number of nitrogens with one attached hydrogen (secondary N) is 3. The second-order valence-electron chi connectivity index (χ2n) is 4.87. The van der Waals surface area contributed by atoms with E-state index in [0.29, 0.717) is 0 Å². The molecule has 6 heteroatoms. The van der Waals surface area contributed by atoms with Crippen LogP contribution in [-0.2, 0) is 9.59 Å². The monoisotopic (exact) mass is 342 g/mol. The molecule has 1 rings (SSSR count). The van der Waals surface area contributed by atoms with Crippen molar-refractivity contribution in [2.24, 2.45) is 0 Å². The van der Waals surface area contributed by atoms with Crippen LogP contribution < -0.4 is 15.5 Å². The van der Waals surface area contributed by atoms with Gasteiger partial charge in [0, 0.05) is 17.2 Å². The van der Waals surface area contributed by atoms with E-state index in [9.17, 15) is 9.59 Å². The van der Waals surface area contributed by atoms with Crippen LogP contribution in [0.4, 0.5) is 5.69 Å². The average molecular weight is 343 g/mol. The third-order valence-corrected chi connectivity index (χ3v) is 3.77. The predicted molar refractivity (Wildman–Crippen MR) is 82.8 cm³/mol. The summed E-state index contributed by atoms with van der Waals surface area (Å²) in [5, 5.41) is 5.46. The third-order valence-electron chi connectivity index (χ3n) is 3.28. The first-order chi connectivity index (χ1) is 9.35. The molecule has 0 radical (unpaired) electrons. The Kier molecular flexibility index (Phi) is 6.16. The van der Waals surface area contributed by atoms with Gasteiger partial charge < -0.3 is 15.5 Å². The van der Waals surface area contributed by atoms with E-state index in [2.05, 4.69) is 26.6 Å². The third kappa shape index (κ3) is 4.61. The van der Waals surface area contributed by atoms with E-state index < -0.39 is 0 Å². The van der Waals surface area contributed by atoms with Gasteiger partial charge in [-0.25, -0.2) is 0 Å². The Bertz CT molecular complexity index is 505. The summed E-state index contributed by atoms with van der Waals surface area (Å²) < 4.78 is 0.976. The lowest BCUT2D eigenvalue weighted by Gasteiger charge is -2.20. The van der Waals surface area contributed by atoms with Crippen LogP contribution in [0, 0.1) is 6.92 Å². The van der Waals surface area contributed by atoms with Crippen LogP contribution in [0.15, 0.2) is 22.7 Å². The van der Waals surface area contributed by atoms with Crippen LogP contribution in [0.25, 0.3) is 0 Å². The lowest BCUT2D eigenvalue weighted by atomic mass is 10.2. The highest BCUT2D eigenvalue weighted by Crippen LogP contribution is 2.19. The van der Waals surface area contributed by atoms with Crippen LogP contribution in [0.5, 0.6) is 0 Å². The van der Waals surface area contributed by atoms with Crippen molar-refractivity contribution in [2.45, 2.75) is 19.9 Å². The molecule has 0 fully saturated rings. The van der Waals surface area contributed by atoms with Gasteiger partial charge in [-0.05, 0) is 37.6 Å². The fraction of sp³-hybridized carbons (Fsp3) is 0.429. The molecule has 5 nitrogen and oxygen atoms in total. The molecule has 0 heterocycles. The molecular formula is C14H21BrN3O2+. The maximum atomic E-state index is 12.0. The number of hydrogen-bond acceptors (Lipinski definition) is 2. The van der Waals surface area contributed by atoms with E-state index in [1.165, 1.54) is 0 Å². The van der Waals surface area contributed by atoms with Gasteiger partial charge in [-0.2, -0.15) is 0 Å². The standard InChI is InChI=1S/C14H20BrN3O2/c1-9-7-11(15)5-6-12(9)17-13(19)8-18(4)10(2)14(20)16-3/h5-7,10H,8H2,1-4H3,(H,16,20)(H,17,19)/p+1/t10-/m0/s1. The van der Waals surface area contributed by atoms with Crippen LogP contribution >= 0.6 is 15.9 Å². The molecule has 2 atom stereocenters. The van der Waals surface area contributed by atoms with Crippen LogP contribution in [0.3, 0.4) is 0 Å². The fourth-order valence-electron chi connectivity index (χ4n) is 1.81. The van der Waals surface area contributed by atoms with E-state index >= 15 is 0 Å². The summed E-state index contributed by atoms with van der Waals surface area (Å²) >= 11 is 3.38. The summed E-state index contributed by atoms with van der Waals surface area (Å²) in [6, 6.07) is 5.41. The van der Waals surface area contributed by atoms with Gasteiger partial charge in [0.15, 0.2) is 12.6 Å². The number of aryl methyl sites for hydroxylation is 1. The highest BCUT2D eigenvalue weighted by Gasteiger charge is 2.22. The van der Waals surface area contributed by atoms with Crippen molar-refractivity contribution in [3.8, 4) is 0 Å². The van der Waals surface area contributed by atoms with Crippen molar-refractivity contribution >= 4 is 33.4 Å². The van der Waals surface area contributed by atoms with E-state index in [-0.39, 0.29) is 24.4 Å². The molecule has 1 aromatic carbocycles. The first-order valence-electron chi connectivity index (χ1n) is 6.45. The number of likely N-dealkylation sites (N-methyl/N-ethyl adjacent to an activating group) is 2. The van der Waals surface area contributed by atoms with E-state index in [0.717, 1.165) is 20.6 Å². The van der Waals surface area contributed by atoms with Crippen molar-refractivity contribution in [1.82, 2.24) is 5.32 Å². The van der Waals surface area contributed by atoms with E-state index in [4.69, 9.17) is 0 Å². The molecular weight excluding hydrogens is 322 g/mol. The Morgan fingerprint density at radius 1 is 1.40 bits per heavy atom. The minimum absolute atomic E-state index is 0.0740. The summed E-state index contributed by atoms with van der Waals surface area (Å²) in [4.78, 5) is 24.4. The summed E-state index contributed by atoms with van der Waals surface area (Å²) in [6.07, 6.45) is 0. The topological polar surface area (TPSA) is 62.6 Å². The van der Waals surface area contributed by atoms with Gasteiger partial charge in [0.2, 0.25) is 0 Å². The van der Waals surface area contributed by atoms with Gasteiger partial charge in [0.25, 0.3) is 11.8 Å². The van der Waals surface area contributed by atoms with Gasteiger partial charge in [0.1, 0.15) is 0 Å². The first kappa shape index (κ1) is 16.7. The molecule has 0 aliphatic heterocycles. The number of hydrogen-bond donors (Lipinski definition) is 3. The molecule has 3 N–H and O–H groups in total. The lowest BCUT2D eigenvalue weighted by Crippen LogP contribution is -3.15. The van der Waals surface area contributed by atoms with Crippen LogP contribution in [-0.4, -0.2) is 38.5 Å². The second-order valence-corrected chi connectivity index (χ2v) is 5.78. The summed E-state index contributed by atoms with van der Waals surface area (Å²) in [7, 11) is 3.42. The molecule has 0 aliphatic rings. The number of carbonyl (C=O) groups is 2. The summed E-state index contributed by atoms with van der Waals surface area (Å²) in [6.45, 7) is 3.97. The largest absolute Gasteiger partial charge is 0.354 e. The number of benzene rings is 1. The van der Waals surface area contributed by atoms with Crippen molar-refractivity contribution in [3.05, 3.63) is 28.2 Å². The zero-order valence-electron chi connectivity index (χ0n) is 12.2. The number of anilines is 1. The molecule has 0 saturated carbocycles. The number of amides is 2. The Balaban J connectivity index is 2.61. The molecule has 1 unspecified atom stereocenters. The smallest absolute Gasteiger partial charge is 0.279 e. The zero-order chi connectivity index (χ0) is 15.3. The van der Waals surface area contributed by atoms with Crippen LogP contribution in [0.1, 0.15) is 12.5 Å². The zero-order valence-corrected chi connectivity index (χ0v) is 13.8. The molecule has 0 saturated heterocycles. The fourth-order valence-corrected chi connectivity index (χ4v) is 2.28. The van der Waals surface area contributed by atoms with Crippen molar-refractivity contribution in [1.29, 1.82) is 0 Å². The Labute approximate surface area is 127 Å². The minimum atomic E-state index is -0.267. The lowest BCUT2D eigenvalue weighted by molar-refractivity contribution is -0.885. The average Bonchev–Trinajstić information content (AvgIpc) is 2.40. The SMILES string of the molecule is CNC(=O)[C@H](C)[NH+](C)CC(=O)Nc1ccc(Br)cc1C. The maximum Gasteiger partial charge on any atom is 0.279 e. The number of carbonyl (C=O) groups excluding carboxylic acids is 2. The van der Waals surface area contributed by atoms with Gasteiger partial charge in [-0.3, -0.25) is 9.59 Å². The Morgan fingerprint density at radius 3 is 2.60 bits per heavy atom. The normalized spacial score (nSPS) is 13.4. The maximum absolute atomic E-state index is 12.0. The van der Waals surface area contributed by atoms with Gasteiger partial charge in [0.05, 0.1) is 7.05 Å². The Hall–Kier alpha value is -1.40. The highest BCUT2D eigenvalue weighted by molar-refractivity contribution is 9.10. The number of rotatable bonds is 5. The molecule has 110 valence electrons. The molecule has 1 aromatic rings. The molecule has 0 spiro atoms. The number of quaternary nitrogens is 1. The van der Waals surface area contributed by atoms with Crippen molar-refractivity contribution in [2.75, 3.05) is 26.0 Å². The molecule has 20 heavy (non-hydrogen) atoms. The van der Waals surface area contributed by atoms with Crippen molar-refractivity contribution in [3.63, 3.8) is 0 Å². The highest BCUT2D eigenvalue weighted by atomic mass is 79.9. The Morgan fingerprint density at radius 2 is 2.05 bits per heavy atom. The van der Waals surface area contributed by atoms with Gasteiger partial charge >= 0.3 is 0 Å². The van der Waals surface area contributed by atoms with E-state index in [1.807, 2.05) is 32.2 Å². The summed E-state index contributed by atoms with van der Waals surface area (Å²) in [5.74, 6) is -0.182. The molecule has 2 amide bonds. The van der Waals surface area contributed by atoms with Crippen LogP contribution in [0.2, 0.25) is 0 Å². The summed E-state index contributed by atoms with van der Waals surface area (Å²) in [5.41, 5.74) is 1.78. The van der Waals surface area contributed by atoms with Crippen molar-refractivity contribution < 1.29 is 14.5 Å². The molecule has 0 bridgehead atoms. The van der Waals surface area contributed by atoms with Gasteiger partial charge in [-0.15, -0.1) is 0 Å². The molecule has 0 aromatic heterocycles. The quantitative estimate of drug-likeness (QED) is 0.722. The minimum Gasteiger partial charge on any atom is -0.354 e. The second kappa shape index (κ2) is 7.40. The predicted octanol–water partition coefficient (Wildman–Crippen LogP) is 0.345. The molecule has 0 aliphatic carbocycles.